The first-order valence-electron chi connectivity index (χ1n) is 27.5. The summed E-state index contributed by atoms with van der Waals surface area (Å²) in [5.41, 5.74) is 0. The van der Waals surface area contributed by atoms with E-state index in [9.17, 15) is 14.4 Å². The monoisotopic (exact) mass is 879 g/mol. The van der Waals surface area contributed by atoms with Gasteiger partial charge in [-0.1, -0.05) is 266 Å². The van der Waals surface area contributed by atoms with Crippen LogP contribution in [0.25, 0.3) is 0 Å². The molecule has 1 atom stereocenters. The van der Waals surface area contributed by atoms with E-state index >= 15 is 0 Å². The van der Waals surface area contributed by atoms with Crippen LogP contribution in [0.15, 0.2) is 0 Å². The van der Waals surface area contributed by atoms with E-state index in [0.29, 0.717) is 19.3 Å². The van der Waals surface area contributed by atoms with Crippen LogP contribution in [-0.4, -0.2) is 37.7 Å². The Morgan fingerprint density at radius 3 is 0.887 bits per heavy atom. The Kier molecular flexibility index (Phi) is 52.5. The van der Waals surface area contributed by atoms with Crippen molar-refractivity contribution in [2.75, 3.05) is 13.7 Å². The van der Waals surface area contributed by atoms with Crippen LogP contribution in [-0.2, 0) is 28.6 Å². The lowest BCUT2D eigenvalue weighted by Crippen LogP contribution is -2.22. The highest BCUT2D eigenvalue weighted by Crippen LogP contribution is 2.17. The summed E-state index contributed by atoms with van der Waals surface area (Å²) in [6.45, 7) is 13.5. The molecule has 0 heterocycles. The fourth-order valence-corrected chi connectivity index (χ4v) is 8.17. The Morgan fingerprint density at radius 2 is 0.597 bits per heavy atom. The first-order valence-corrected chi connectivity index (χ1v) is 27.5. The minimum Gasteiger partial charge on any atom is -0.469 e. The highest BCUT2D eigenvalue weighted by molar-refractivity contribution is 5.70. The molecule has 6 heteroatoms. The number of esters is 3. The lowest BCUT2D eigenvalue weighted by Gasteiger charge is -2.13. The highest BCUT2D eigenvalue weighted by Gasteiger charge is 2.12. The van der Waals surface area contributed by atoms with E-state index in [2.05, 4.69) is 39.4 Å². The highest BCUT2D eigenvalue weighted by atomic mass is 16.6. The number of carbonyl (C=O) groups excluding carboxylic acids is 3. The van der Waals surface area contributed by atoms with Gasteiger partial charge < -0.3 is 14.2 Å². The fraction of sp³-hybridized carbons (Fsp3) is 0.946. The first kappa shape index (κ1) is 62.5. The largest absolute Gasteiger partial charge is 0.469 e. The van der Waals surface area contributed by atoms with E-state index in [1.54, 1.807) is 0 Å². The first-order chi connectivity index (χ1) is 30.1. The van der Waals surface area contributed by atoms with Crippen LogP contribution in [0.3, 0.4) is 0 Å². The smallest absolute Gasteiger partial charge is 0.306 e. The zero-order chi connectivity index (χ0) is 46.0. The quantitative estimate of drug-likeness (QED) is 0.0344. The molecule has 0 aliphatic carbocycles. The SMILES string of the molecule is CC(C)CCCCCCCCCCCCCCC(=O)OCC(C)OC(=O)CCCCCCCCCCCCCCC(C)C.CCCCCCCCCCCCCCCC(=O)OC. The minimum absolute atomic E-state index is 0.0666. The molecule has 0 aromatic heterocycles. The Labute approximate surface area is 388 Å². The molecule has 0 bridgehead atoms. The zero-order valence-electron chi connectivity index (χ0n) is 43.1. The van der Waals surface area contributed by atoms with Crippen molar-refractivity contribution in [1.82, 2.24) is 0 Å². The number of rotatable bonds is 47. The van der Waals surface area contributed by atoms with E-state index in [4.69, 9.17) is 9.47 Å². The van der Waals surface area contributed by atoms with Crippen molar-refractivity contribution >= 4 is 17.9 Å². The number of hydrogen-bond donors (Lipinski definition) is 0. The van der Waals surface area contributed by atoms with Gasteiger partial charge in [0.15, 0.2) is 0 Å². The van der Waals surface area contributed by atoms with Crippen molar-refractivity contribution in [3.63, 3.8) is 0 Å². The molecule has 0 saturated carbocycles. The molecular formula is C56H110O6. The van der Waals surface area contributed by atoms with Crippen molar-refractivity contribution in [2.24, 2.45) is 11.8 Å². The third kappa shape index (κ3) is 56.4. The van der Waals surface area contributed by atoms with Gasteiger partial charge in [0.25, 0.3) is 0 Å². The van der Waals surface area contributed by atoms with Crippen LogP contribution in [0.1, 0.15) is 311 Å². The molecule has 62 heavy (non-hydrogen) atoms. The molecule has 370 valence electrons. The Bertz CT molecular complexity index is 916. The molecule has 0 saturated heterocycles. The van der Waals surface area contributed by atoms with Gasteiger partial charge in [0.1, 0.15) is 12.7 Å². The van der Waals surface area contributed by atoms with E-state index in [-0.39, 0.29) is 30.6 Å². The number of carbonyl (C=O) groups is 3. The van der Waals surface area contributed by atoms with Crippen molar-refractivity contribution in [3.05, 3.63) is 0 Å². The summed E-state index contributed by atoms with van der Waals surface area (Å²) in [5.74, 6) is 1.30. The molecule has 0 aromatic carbocycles. The third-order valence-corrected chi connectivity index (χ3v) is 12.3. The molecule has 0 spiro atoms. The zero-order valence-corrected chi connectivity index (χ0v) is 43.1. The van der Waals surface area contributed by atoms with Gasteiger partial charge in [0.2, 0.25) is 0 Å². The summed E-state index contributed by atoms with van der Waals surface area (Å²) < 4.78 is 15.4. The summed E-state index contributed by atoms with van der Waals surface area (Å²) >= 11 is 0. The van der Waals surface area contributed by atoms with E-state index < -0.39 is 0 Å². The molecule has 0 aromatic rings. The molecular weight excluding hydrogens is 769 g/mol. The lowest BCUT2D eigenvalue weighted by atomic mass is 10.0. The van der Waals surface area contributed by atoms with Gasteiger partial charge in [0, 0.05) is 19.3 Å². The van der Waals surface area contributed by atoms with E-state index in [1.807, 2.05) is 6.92 Å². The second kappa shape index (κ2) is 52.0. The summed E-state index contributed by atoms with van der Waals surface area (Å²) in [5, 5.41) is 0. The predicted octanol–water partition coefficient (Wildman–Crippen LogP) is 18.3. The van der Waals surface area contributed by atoms with E-state index in [0.717, 1.165) is 43.9 Å². The van der Waals surface area contributed by atoms with Crippen molar-refractivity contribution in [2.45, 2.75) is 317 Å². The second-order valence-electron chi connectivity index (χ2n) is 19.9. The average Bonchev–Trinajstić information content (AvgIpc) is 3.24. The van der Waals surface area contributed by atoms with Gasteiger partial charge in [-0.05, 0) is 38.0 Å². The summed E-state index contributed by atoms with van der Waals surface area (Å²) in [7, 11) is 1.46. The van der Waals surface area contributed by atoms with Crippen LogP contribution < -0.4 is 0 Å². The maximum atomic E-state index is 12.1. The summed E-state index contributed by atoms with van der Waals surface area (Å²) in [4.78, 5) is 35.0. The normalized spacial score (nSPS) is 11.8. The molecule has 0 amide bonds. The maximum absolute atomic E-state index is 12.1. The molecule has 6 nitrogen and oxygen atoms in total. The number of methoxy groups -OCH3 is 1. The number of unbranched alkanes of at least 4 members (excludes halogenated alkanes) is 34. The average molecular weight is 879 g/mol. The van der Waals surface area contributed by atoms with Crippen molar-refractivity contribution in [1.29, 1.82) is 0 Å². The van der Waals surface area contributed by atoms with Gasteiger partial charge >= 0.3 is 17.9 Å². The van der Waals surface area contributed by atoms with Crippen LogP contribution in [0, 0.1) is 11.8 Å². The van der Waals surface area contributed by atoms with Gasteiger partial charge in [-0.25, -0.2) is 0 Å². The molecule has 0 aliphatic rings. The van der Waals surface area contributed by atoms with Gasteiger partial charge in [-0.15, -0.1) is 0 Å². The topological polar surface area (TPSA) is 78.9 Å². The molecule has 1 unspecified atom stereocenters. The van der Waals surface area contributed by atoms with Crippen LogP contribution in [0.2, 0.25) is 0 Å². The fourth-order valence-electron chi connectivity index (χ4n) is 8.17. The summed E-state index contributed by atoms with van der Waals surface area (Å²) in [6.07, 6.45) is 52.3. The van der Waals surface area contributed by atoms with Crippen LogP contribution in [0.4, 0.5) is 0 Å². The van der Waals surface area contributed by atoms with Crippen molar-refractivity contribution < 1.29 is 28.6 Å². The Balaban J connectivity index is 0. The van der Waals surface area contributed by atoms with Crippen molar-refractivity contribution in [3.8, 4) is 0 Å². The predicted molar refractivity (Wildman–Crippen MR) is 268 cm³/mol. The number of hydrogen-bond acceptors (Lipinski definition) is 6. The lowest BCUT2D eigenvalue weighted by molar-refractivity contribution is -0.158. The molecule has 0 fully saturated rings. The molecule has 0 N–H and O–H groups in total. The molecule has 0 radical (unpaired) electrons. The van der Waals surface area contributed by atoms with Gasteiger partial charge in [-0.2, -0.15) is 0 Å². The van der Waals surface area contributed by atoms with Gasteiger partial charge in [-0.3, -0.25) is 14.4 Å². The molecule has 0 rings (SSSR count). The Morgan fingerprint density at radius 1 is 0.339 bits per heavy atom. The summed E-state index contributed by atoms with van der Waals surface area (Å²) in [6, 6.07) is 0. The van der Waals surface area contributed by atoms with E-state index in [1.165, 1.54) is 225 Å². The standard InChI is InChI=1S/C39H76O4.C17H34O2/c1-35(2)30-26-22-18-14-10-6-8-12-16-20-24-28-32-38(40)42-34-37(5)43-39(41)33-29-25-21-17-13-9-7-11-15-19-23-27-31-36(3)4;1-3-4-5-6-7-8-9-10-11-12-13-14-15-16-17(18)19-2/h35-37H,6-34H2,1-5H3;3-16H2,1-2H3. The van der Waals surface area contributed by atoms with Gasteiger partial charge in [0.05, 0.1) is 7.11 Å². The molecule has 0 aliphatic heterocycles. The Hall–Kier alpha value is -1.59. The van der Waals surface area contributed by atoms with Crippen LogP contribution >= 0.6 is 0 Å². The minimum atomic E-state index is -0.369. The number of ether oxygens (including phenoxy) is 3. The second-order valence-corrected chi connectivity index (χ2v) is 19.9. The maximum Gasteiger partial charge on any atom is 0.306 e. The van der Waals surface area contributed by atoms with Crippen LogP contribution in [0.5, 0.6) is 0 Å². The third-order valence-electron chi connectivity index (χ3n) is 12.3.